The van der Waals surface area contributed by atoms with Gasteiger partial charge in [0.05, 0.1) is 17.2 Å². The summed E-state index contributed by atoms with van der Waals surface area (Å²) in [5, 5.41) is 3.56. The minimum absolute atomic E-state index is 0.0631. The molecular weight excluding hydrogens is 664 g/mol. The number of carbonyl (C=O) groups is 2. The fraction of sp³-hybridized carbons (Fsp3) is 0.257. The zero-order valence-corrected chi connectivity index (χ0v) is 28.4. The molecular formula is C35H36Cl2FN3O5S. The molecule has 248 valence electrons. The minimum atomic E-state index is -4.37. The van der Waals surface area contributed by atoms with E-state index in [1.807, 2.05) is 44.2 Å². The number of halogens is 3. The lowest BCUT2D eigenvalue weighted by Crippen LogP contribution is -2.53. The molecule has 0 bridgehead atoms. The number of rotatable bonds is 15. The smallest absolute Gasteiger partial charge is 0.264 e. The summed E-state index contributed by atoms with van der Waals surface area (Å²) in [5.41, 5.74) is 1.36. The molecule has 0 aliphatic carbocycles. The molecule has 0 aliphatic rings. The quantitative estimate of drug-likeness (QED) is 0.146. The number of nitrogens with zero attached hydrogens (tertiary/aromatic N) is 2. The van der Waals surface area contributed by atoms with Gasteiger partial charge in [-0.3, -0.25) is 13.9 Å². The van der Waals surface area contributed by atoms with Gasteiger partial charge in [0, 0.05) is 29.6 Å². The zero-order valence-electron chi connectivity index (χ0n) is 26.0. The summed E-state index contributed by atoms with van der Waals surface area (Å²) in [6, 6.07) is 23.6. The lowest BCUT2D eigenvalue weighted by Gasteiger charge is -2.34. The highest BCUT2D eigenvalue weighted by Gasteiger charge is 2.35. The third-order valence-corrected chi connectivity index (χ3v) is 9.67. The van der Waals surface area contributed by atoms with E-state index in [1.54, 1.807) is 12.1 Å². The van der Waals surface area contributed by atoms with Crippen LogP contribution in [0, 0.1) is 5.82 Å². The fourth-order valence-corrected chi connectivity index (χ4v) is 6.77. The lowest BCUT2D eigenvalue weighted by molar-refractivity contribution is -0.140. The van der Waals surface area contributed by atoms with Crippen LogP contribution < -0.4 is 14.4 Å². The molecule has 0 aromatic heterocycles. The first-order valence-corrected chi connectivity index (χ1v) is 17.3. The molecule has 0 heterocycles. The molecule has 4 aromatic rings. The maximum atomic E-state index is 14.5. The number of sulfonamides is 1. The standard InChI is InChI=1S/C35H36Cl2FN3O5S/c1-3-20-39-35(43)33(21-25-8-6-5-7-9-25)40(23-26-10-11-27(36)22-32(26)37)34(42)24-41(29-14-12-28(38)13-15-29)47(44,45)31-18-16-30(17-19-31)46-4-2/h5-19,22,33H,3-4,20-21,23-24H2,1-2H3,(H,39,43)/t33-/m1/s1. The number of nitrogens with one attached hydrogen (secondary N) is 1. The van der Waals surface area contributed by atoms with Gasteiger partial charge in [-0.1, -0.05) is 66.5 Å². The Morgan fingerprint density at radius 2 is 1.60 bits per heavy atom. The molecule has 4 aromatic carbocycles. The summed E-state index contributed by atoms with van der Waals surface area (Å²) < 4.78 is 48.6. The van der Waals surface area contributed by atoms with E-state index in [9.17, 15) is 22.4 Å². The summed E-state index contributed by atoms with van der Waals surface area (Å²) in [6.07, 6.45) is 0.814. The van der Waals surface area contributed by atoms with Crippen molar-refractivity contribution in [2.24, 2.45) is 0 Å². The van der Waals surface area contributed by atoms with E-state index in [4.69, 9.17) is 27.9 Å². The van der Waals surface area contributed by atoms with Crippen molar-refractivity contribution < 1.29 is 27.1 Å². The Morgan fingerprint density at radius 3 is 2.21 bits per heavy atom. The third-order valence-electron chi connectivity index (χ3n) is 7.29. The molecule has 1 N–H and O–H groups in total. The zero-order chi connectivity index (χ0) is 34.0. The fourth-order valence-electron chi connectivity index (χ4n) is 4.89. The van der Waals surface area contributed by atoms with Gasteiger partial charge in [-0.15, -0.1) is 0 Å². The molecule has 12 heteroatoms. The van der Waals surface area contributed by atoms with Gasteiger partial charge >= 0.3 is 0 Å². The normalized spacial score (nSPS) is 11.9. The Morgan fingerprint density at radius 1 is 0.915 bits per heavy atom. The van der Waals surface area contributed by atoms with Gasteiger partial charge in [-0.05, 0) is 85.1 Å². The van der Waals surface area contributed by atoms with Crippen LogP contribution in [0.5, 0.6) is 5.75 Å². The van der Waals surface area contributed by atoms with Crippen molar-refractivity contribution in [3.05, 3.63) is 124 Å². The third kappa shape index (κ3) is 9.47. The van der Waals surface area contributed by atoms with Crippen molar-refractivity contribution >= 4 is 50.7 Å². The molecule has 1 atom stereocenters. The van der Waals surface area contributed by atoms with Crippen molar-refractivity contribution in [2.45, 2.75) is 44.2 Å². The van der Waals surface area contributed by atoms with Crippen molar-refractivity contribution in [1.82, 2.24) is 10.2 Å². The second kappa shape index (κ2) is 16.6. The van der Waals surface area contributed by atoms with Crippen molar-refractivity contribution in [2.75, 3.05) is 24.0 Å². The highest BCUT2D eigenvalue weighted by Crippen LogP contribution is 2.28. The van der Waals surface area contributed by atoms with E-state index in [1.165, 1.54) is 47.4 Å². The monoisotopic (exact) mass is 699 g/mol. The number of amides is 2. The van der Waals surface area contributed by atoms with Crippen LogP contribution in [-0.2, 0) is 32.6 Å². The van der Waals surface area contributed by atoms with Crippen LogP contribution in [0.1, 0.15) is 31.4 Å². The second-order valence-corrected chi connectivity index (χ2v) is 13.4. The van der Waals surface area contributed by atoms with Crippen LogP contribution in [-0.4, -0.2) is 50.9 Å². The molecule has 0 unspecified atom stereocenters. The number of carbonyl (C=O) groups excluding carboxylic acids is 2. The average molecular weight is 701 g/mol. The number of ether oxygens (including phenoxy) is 1. The molecule has 4 rings (SSSR count). The summed E-state index contributed by atoms with van der Waals surface area (Å²) in [6.45, 7) is 3.68. The van der Waals surface area contributed by atoms with Crippen molar-refractivity contribution in [3.8, 4) is 5.75 Å². The number of benzene rings is 4. The first-order valence-electron chi connectivity index (χ1n) is 15.1. The summed E-state index contributed by atoms with van der Waals surface area (Å²) in [5.74, 6) is -1.18. The Kier molecular flexibility index (Phi) is 12.6. The SMILES string of the molecule is CCCNC(=O)[C@@H](Cc1ccccc1)N(Cc1ccc(Cl)cc1Cl)C(=O)CN(c1ccc(F)cc1)S(=O)(=O)c1ccc(OCC)cc1. The topological polar surface area (TPSA) is 96.0 Å². The molecule has 47 heavy (non-hydrogen) atoms. The first-order chi connectivity index (χ1) is 22.5. The van der Waals surface area contributed by atoms with Gasteiger partial charge in [0.15, 0.2) is 0 Å². The molecule has 8 nitrogen and oxygen atoms in total. The van der Waals surface area contributed by atoms with Crippen LogP contribution >= 0.6 is 23.2 Å². The second-order valence-electron chi connectivity index (χ2n) is 10.6. The number of anilines is 1. The maximum absolute atomic E-state index is 14.5. The van der Waals surface area contributed by atoms with E-state index in [0.29, 0.717) is 35.9 Å². The van der Waals surface area contributed by atoms with Gasteiger partial charge in [0.25, 0.3) is 10.0 Å². The molecule has 0 aliphatic heterocycles. The van der Waals surface area contributed by atoms with Crippen LogP contribution in [0.25, 0.3) is 0 Å². The minimum Gasteiger partial charge on any atom is -0.494 e. The molecule has 0 saturated carbocycles. The number of hydrogen-bond donors (Lipinski definition) is 1. The Balaban J connectivity index is 1.80. The van der Waals surface area contributed by atoms with E-state index >= 15 is 0 Å². The highest BCUT2D eigenvalue weighted by molar-refractivity contribution is 7.92. The van der Waals surface area contributed by atoms with E-state index in [2.05, 4.69) is 5.32 Å². The Labute approximate surface area is 285 Å². The van der Waals surface area contributed by atoms with Gasteiger partial charge in [0.1, 0.15) is 24.2 Å². The largest absolute Gasteiger partial charge is 0.494 e. The predicted octanol–water partition coefficient (Wildman–Crippen LogP) is 6.89. The average Bonchev–Trinajstić information content (AvgIpc) is 3.06. The van der Waals surface area contributed by atoms with Crippen molar-refractivity contribution in [3.63, 3.8) is 0 Å². The Bertz CT molecular complexity index is 1760. The van der Waals surface area contributed by atoms with E-state index in [0.717, 1.165) is 22.0 Å². The summed E-state index contributed by atoms with van der Waals surface area (Å²) in [7, 11) is -4.37. The molecule has 2 amide bonds. The van der Waals surface area contributed by atoms with Gasteiger partial charge in [0.2, 0.25) is 11.8 Å². The number of hydrogen-bond acceptors (Lipinski definition) is 5. The maximum Gasteiger partial charge on any atom is 0.264 e. The molecule has 0 fully saturated rings. The highest BCUT2D eigenvalue weighted by atomic mass is 35.5. The predicted molar refractivity (Wildman–Crippen MR) is 183 cm³/mol. The molecule has 0 spiro atoms. The van der Waals surface area contributed by atoms with E-state index in [-0.39, 0.29) is 28.6 Å². The van der Waals surface area contributed by atoms with Gasteiger partial charge in [-0.2, -0.15) is 0 Å². The van der Waals surface area contributed by atoms with Gasteiger partial charge in [-0.25, -0.2) is 12.8 Å². The summed E-state index contributed by atoms with van der Waals surface area (Å²) in [4.78, 5) is 29.4. The van der Waals surface area contributed by atoms with Crippen LogP contribution in [0.4, 0.5) is 10.1 Å². The lowest BCUT2D eigenvalue weighted by atomic mass is 10.0. The van der Waals surface area contributed by atoms with Crippen LogP contribution in [0.15, 0.2) is 102 Å². The van der Waals surface area contributed by atoms with E-state index < -0.39 is 40.2 Å². The summed E-state index contributed by atoms with van der Waals surface area (Å²) >= 11 is 12.7. The molecule has 0 saturated heterocycles. The molecule has 0 radical (unpaired) electrons. The first kappa shape index (κ1) is 35.7. The van der Waals surface area contributed by atoms with Gasteiger partial charge < -0.3 is 15.0 Å². The Hall–Kier alpha value is -4.12. The van der Waals surface area contributed by atoms with Crippen molar-refractivity contribution in [1.29, 1.82) is 0 Å². The van der Waals surface area contributed by atoms with Crippen LogP contribution in [0.2, 0.25) is 10.0 Å². The van der Waals surface area contributed by atoms with Crippen LogP contribution in [0.3, 0.4) is 0 Å².